The first-order valence-electron chi connectivity index (χ1n) is 5.88. The highest BCUT2D eigenvalue weighted by Gasteiger charge is 2.17. The van der Waals surface area contributed by atoms with Gasteiger partial charge in [-0.2, -0.15) is 4.98 Å². The van der Waals surface area contributed by atoms with Gasteiger partial charge in [-0.15, -0.1) is 0 Å². The molecule has 0 unspecified atom stereocenters. The number of nitrogens with zero attached hydrogens (tertiary/aromatic N) is 2. The molecule has 0 saturated carbocycles. The van der Waals surface area contributed by atoms with Gasteiger partial charge in [-0.25, -0.2) is 4.98 Å². The van der Waals surface area contributed by atoms with Crippen LogP contribution in [0.3, 0.4) is 0 Å². The van der Waals surface area contributed by atoms with E-state index in [1.807, 2.05) is 0 Å². The Kier molecular flexibility index (Phi) is 3.72. The van der Waals surface area contributed by atoms with Gasteiger partial charge in [0.25, 0.3) is 0 Å². The van der Waals surface area contributed by atoms with E-state index in [4.69, 9.17) is 9.84 Å². The van der Waals surface area contributed by atoms with Crippen molar-refractivity contribution in [3.05, 3.63) is 17.1 Å². The number of aryl methyl sites for hydroxylation is 2. The zero-order chi connectivity index (χ0) is 11.4. The summed E-state index contributed by atoms with van der Waals surface area (Å²) in [6.07, 6.45) is 5.89. The Labute approximate surface area is 95.7 Å². The van der Waals surface area contributed by atoms with Crippen LogP contribution in [-0.2, 0) is 19.3 Å². The molecule has 0 atom stereocenters. The summed E-state index contributed by atoms with van der Waals surface area (Å²) in [4.78, 5) is 8.95. The maximum Gasteiger partial charge on any atom is 0.219 e. The van der Waals surface area contributed by atoms with Gasteiger partial charge in [0.2, 0.25) is 5.88 Å². The van der Waals surface area contributed by atoms with Gasteiger partial charge in [0, 0.05) is 18.6 Å². The first-order chi connectivity index (χ1) is 7.85. The molecule has 1 aliphatic carbocycles. The van der Waals surface area contributed by atoms with Crippen molar-refractivity contribution in [2.75, 3.05) is 13.7 Å². The predicted octanol–water partition coefficient (Wildman–Crippen LogP) is 1.29. The van der Waals surface area contributed by atoms with Crippen LogP contribution in [0.15, 0.2) is 0 Å². The quantitative estimate of drug-likeness (QED) is 0.834. The van der Waals surface area contributed by atoms with Crippen molar-refractivity contribution in [3.8, 4) is 5.88 Å². The fourth-order valence-corrected chi connectivity index (χ4v) is 2.13. The summed E-state index contributed by atoms with van der Waals surface area (Å²) in [7, 11) is 1.66. The number of aromatic nitrogens is 2. The number of rotatable bonds is 4. The van der Waals surface area contributed by atoms with E-state index in [0.29, 0.717) is 6.42 Å². The zero-order valence-electron chi connectivity index (χ0n) is 9.70. The van der Waals surface area contributed by atoms with Crippen molar-refractivity contribution in [3.63, 3.8) is 0 Å². The van der Waals surface area contributed by atoms with Crippen LogP contribution in [0, 0.1) is 0 Å². The lowest BCUT2D eigenvalue weighted by molar-refractivity contribution is 0.287. The molecule has 1 aliphatic rings. The molecule has 16 heavy (non-hydrogen) atoms. The number of methoxy groups -OCH3 is 1. The third-order valence-corrected chi connectivity index (χ3v) is 2.94. The van der Waals surface area contributed by atoms with Crippen molar-refractivity contribution in [2.45, 2.75) is 38.5 Å². The summed E-state index contributed by atoms with van der Waals surface area (Å²) in [6, 6.07) is 0. The highest BCUT2D eigenvalue weighted by atomic mass is 16.5. The van der Waals surface area contributed by atoms with E-state index < -0.39 is 0 Å². The van der Waals surface area contributed by atoms with Gasteiger partial charge in [-0.05, 0) is 32.1 Å². The smallest absolute Gasteiger partial charge is 0.219 e. The zero-order valence-corrected chi connectivity index (χ0v) is 9.70. The summed E-state index contributed by atoms with van der Waals surface area (Å²) in [5.74, 6) is 1.53. The molecule has 1 heterocycles. The van der Waals surface area contributed by atoms with Crippen LogP contribution in [-0.4, -0.2) is 28.8 Å². The molecule has 0 amide bonds. The molecule has 2 rings (SSSR count). The molecular weight excluding hydrogens is 204 g/mol. The number of aliphatic hydroxyl groups excluding tert-OH is 1. The average Bonchev–Trinajstić information content (AvgIpc) is 2.35. The summed E-state index contributed by atoms with van der Waals surface area (Å²) in [5.41, 5.74) is 2.33. The van der Waals surface area contributed by atoms with E-state index in [1.54, 1.807) is 7.11 Å². The molecule has 0 aromatic carbocycles. The second-order valence-corrected chi connectivity index (χ2v) is 4.11. The number of hydrogen-bond donors (Lipinski definition) is 1. The molecule has 0 bridgehead atoms. The molecule has 0 spiro atoms. The fourth-order valence-electron chi connectivity index (χ4n) is 2.13. The maximum atomic E-state index is 8.81. The molecule has 4 nitrogen and oxygen atoms in total. The molecule has 0 aliphatic heterocycles. The summed E-state index contributed by atoms with van der Waals surface area (Å²) in [6.45, 7) is 0.183. The number of ether oxygens (including phenoxy) is 1. The van der Waals surface area contributed by atoms with Crippen LogP contribution in [0.4, 0.5) is 0 Å². The highest BCUT2D eigenvalue weighted by molar-refractivity contribution is 5.33. The topological polar surface area (TPSA) is 55.2 Å². The second kappa shape index (κ2) is 5.25. The molecule has 88 valence electrons. The molecule has 0 fully saturated rings. The van der Waals surface area contributed by atoms with E-state index in [0.717, 1.165) is 36.7 Å². The first-order valence-corrected chi connectivity index (χ1v) is 5.88. The van der Waals surface area contributed by atoms with Crippen molar-refractivity contribution >= 4 is 0 Å². The lowest BCUT2D eigenvalue weighted by Crippen LogP contribution is -2.12. The van der Waals surface area contributed by atoms with E-state index in [9.17, 15) is 0 Å². The minimum atomic E-state index is 0.183. The fraction of sp³-hybridized carbons (Fsp3) is 0.667. The number of hydrogen-bond acceptors (Lipinski definition) is 4. The van der Waals surface area contributed by atoms with Crippen LogP contribution in [0.2, 0.25) is 0 Å². The summed E-state index contributed by atoms with van der Waals surface area (Å²) in [5, 5.41) is 8.81. The highest BCUT2D eigenvalue weighted by Crippen LogP contribution is 2.26. The molecule has 0 saturated heterocycles. The van der Waals surface area contributed by atoms with Gasteiger partial charge in [-0.3, -0.25) is 0 Å². The van der Waals surface area contributed by atoms with Crippen molar-refractivity contribution < 1.29 is 9.84 Å². The summed E-state index contributed by atoms with van der Waals surface area (Å²) >= 11 is 0. The third kappa shape index (κ3) is 2.32. The van der Waals surface area contributed by atoms with Gasteiger partial charge < -0.3 is 9.84 Å². The Morgan fingerprint density at radius 2 is 2.06 bits per heavy atom. The molecule has 4 heteroatoms. The largest absolute Gasteiger partial charge is 0.481 e. The van der Waals surface area contributed by atoms with Gasteiger partial charge in [0.1, 0.15) is 5.82 Å². The maximum absolute atomic E-state index is 8.81. The normalized spacial score (nSPS) is 14.6. The van der Waals surface area contributed by atoms with E-state index in [2.05, 4.69) is 9.97 Å². The minimum Gasteiger partial charge on any atom is -0.481 e. The Balaban J connectivity index is 2.28. The summed E-state index contributed by atoms with van der Waals surface area (Å²) < 4.78 is 5.32. The lowest BCUT2D eigenvalue weighted by atomic mass is 9.97. The second-order valence-electron chi connectivity index (χ2n) is 4.11. The third-order valence-electron chi connectivity index (χ3n) is 2.94. The van der Waals surface area contributed by atoms with Crippen LogP contribution in [0.25, 0.3) is 0 Å². The molecular formula is C12H18N2O2. The standard InChI is InChI=1S/C12H18N2O2/c1-16-12-9-5-2-3-6-10(9)13-11(14-12)7-4-8-15/h15H,2-8H2,1H3. The van der Waals surface area contributed by atoms with Gasteiger partial charge in [-0.1, -0.05) is 0 Å². The van der Waals surface area contributed by atoms with Gasteiger partial charge in [0.05, 0.1) is 12.8 Å². The van der Waals surface area contributed by atoms with Crippen molar-refractivity contribution in [1.82, 2.24) is 9.97 Å². The first kappa shape index (κ1) is 11.3. The van der Waals surface area contributed by atoms with Crippen LogP contribution in [0.1, 0.15) is 36.3 Å². The Morgan fingerprint density at radius 3 is 2.81 bits per heavy atom. The van der Waals surface area contributed by atoms with Crippen LogP contribution in [0.5, 0.6) is 5.88 Å². The minimum absolute atomic E-state index is 0.183. The van der Waals surface area contributed by atoms with Gasteiger partial charge >= 0.3 is 0 Å². The Morgan fingerprint density at radius 1 is 1.25 bits per heavy atom. The monoisotopic (exact) mass is 222 g/mol. The Hall–Kier alpha value is -1.16. The SMILES string of the molecule is COc1nc(CCCO)nc2c1CCCC2. The molecule has 0 radical (unpaired) electrons. The molecule has 1 aromatic rings. The Bertz CT molecular complexity index is 349. The van der Waals surface area contributed by atoms with Crippen molar-refractivity contribution in [2.24, 2.45) is 0 Å². The van der Waals surface area contributed by atoms with Crippen molar-refractivity contribution in [1.29, 1.82) is 0 Å². The van der Waals surface area contributed by atoms with Crippen LogP contribution < -0.4 is 4.74 Å². The van der Waals surface area contributed by atoms with E-state index in [1.165, 1.54) is 18.4 Å². The molecule has 1 aromatic heterocycles. The number of aliphatic hydroxyl groups is 1. The average molecular weight is 222 g/mol. The lowest BCUT2D eigenvalue weighted by Gasteiger charge is -2.17. The molecule has 1 N–H and O–H groups in total. The number of fused-ring (bicyclic) bond motifs is 1. The van der Waals surface area contributed by atoms with Gasteiger partial charge in [0.15, 0.2) is 0 Å². The van der Waals surface area contributed by atoms with E-state index >= 15 is 0 Å². The van der Waals surface area contributed by atoms with E-state index in [-0.39, 0.29) is 6.61 Å². The predicted molar refractivity (Wildman–Crippen MR) is 60.6 cm³/mol. The van der Waals surface area contributed by atoms with Crippen LogP contribution >= 0.6 is 0 Å².